The molecule has 0 aromatic carbocycles. The van der Waals surface area contributed by atoms with E-state index in [1.54, 1.807) is 4.90 Å². The molecule has 2 unspecified atom stereocenters. The zero-order chi connectivity index (χ0) is 15.6. The molecule has 2 fully saturated rings. The summed E-state index contributed by atoms with van der Waals surface area (Å²) in [6.07, 6.45) is 3.79. The van der Waals surface area contributed by atoms with Crippen LogP contribution in [-0.2, 0) is 4.79 Å². The molecule has 120 valence electrons. The second-order valence-electron chi connectivity index (χ2n) is 7.19. The molecule has 1 saturated carbocycles. The molecule has 0 radical (unpaired) electrons. The fourth-order valence-corrected chi connectivity index (χ4v) is 3.38. The van der Waals surface area contributed by atoms with Crippen molar-refractivity contribution in [3.05, 3.63) is 0 Å². The number of carboxylic acids is 1. The van der Waals surface area contributed by atoms with Crippen molar-refractivity contribution >= 4 is 12.0 Å². The van der Waals surface area contributed by atoms with E-state index >= 15 is 0 Å². The van der Waals surface area contributed by atoms with Crippen LogP contribution in [0.5, 0.6) is 0 Å². The van der Waals surface area contributed by atoms with E-state index in [2.05, 4.69) is 26.1 Å². The Hall–Kier alpha value is -1.26. The highest BCUT2D eigenvalue weighted by molar-refractivity contribution is 5.86. The first-order valence-corrected chi connectivity index (χ1v) is 8.14. The minimum atomic E-state index is -1.06. The Bertz CT molecular complexity index is 402. The van der Waals surface area contributed by atoms with Gasteiger partial charge in [0.1, 0.15) is 5.54 Å². The number of urea groups is 1. The van der Waals surface area contributed by atoms with E-state index in [0.29, 0.717) is 30.6 Å². The number of carbonyl (C=O) groups is 2. The summed E-state index contributed by atoms with van der Waals surface area (Å²) in [5.41, 5.74) is -1.06. The lowest BCUT2D eigenvalue weighted by Crippen LogP contribution is -2.60. The molecule has 1 aliphatic carbocycles. The Balaban J connectivity index is 2.00. The monoisotopic (exact) mass is 296 g/mol. The van der Waals surface area contributed by atoms with Crippen LogP contribution >= 0.6 is 0 Å². The largest absolute Gasteiger partial charge is 0.480 e. The third-order valence-corrected chi connectivity index (χ3v) is 5.50. The van der Waals surface area contributed by atoms with E-state index in [1.807, 2.05) is 0 Å². The smallest absolute Gasteiger partial charge is 0.329 e. The van der Waals surface area contributed by atoms with Gasteiger partial charge in [-0.2, -0.15) is 0 Å². The van der Waals surface area contributed by atoms with Crippen LogP contribution in [0, 0.1) is 17.8 Å². The highest BCUT2D eigenvalue weighted by Crippen LogP contribution is 2.32. The molecule has 5 nitrogen and oxygen atoms in total. The van der Waals surface area contributed by atoms with Gasteiger partial charge in [0.2, 0.25) is 0 Å². The average Bonchev–Trinajstić information content (AvgIpc) is 2.44. The van der Waals surface area contributed by atoms with Gasteiger partial charge in [-0.05, 0) is 49.9 Å². The Kier molecular flexibility index (Phi) is 4.79. The number of rotatable bonds is 2. The molecule has 21 heavy (non-hydrogen) atoms. The lowest BCUT2D eigenvalue weighted by molar-refractivity contribution is -0.146. The van der Waals surface area contributed by atoms with Gasteiger partial charge < -0.3 is 15.3 Å². The SMILES string of the molecule is CC1CCC(NC(=O)N2CCC(C)C(C)C2)(C(=O)O)CC1. The zero-order valence-corrected chi connectivity index (χ0v) is 13.4. The summed E-state index contributed by atoms with van der Waals surface area (Å²) in [6.45, 7) is 7.95. The van der Waals surface area contributed by atoms with Crippen LogP contribution in [-0.4, -0.2) is 40.6 Å². The number of carbonyl (C=O) groups excluding carboxylic acids is 1. The molecule has 2 atom stereocenters. The molecule has 1 saturated heterocycles. The maximum absolute atomic E-state index is 12.5. The lowest BCUT2D eigenvalue weighted by atomic mass is 9.77. The summed E-state index contributed by atoms with van der Waals surface area (Å²) in [5, 5.41) is 12.4. The number of carboxylic acid groups (broad SMARTS) is 1. The van der Waals surface area contributed by atoms with Gasteiger partial charge in [0.25, 0.3) is 0 Å². The highest BCUT2D eigenvalue weighted by atomic mass is 16.4. The second kappa shape index (κ2) is 6.24. The number of nitrogens with zero attached hydrogens (tertiary/aromatic N) is 1. The maximum Gasteiger partial charge on any atom is 0.329 e. The summed E-state index contributed by atoms with van der Waals surface area (Å²) in [4.78, 5) is 25.9. The van der Waals surface area contributed by atoms with Crippen molar-refractivity contribution in [2.75, 3.05) is 13.1 Å². The van der Waals surface area contributed by atoms with Gasteiger partial charge in [0.15, 0.2) is 0 Å². The Morgan fingerprint density at radius 1 is 1.10 bits per heavy atom. The predicted octanol–water partition coefficient (Wildman–Crippen LogP) is 2.71. The van der Waals surface area contributed by atoms with Crippen molar-refractivity contribution in [1.29, 1.82) is 0 Å². The first kappa shape index (κ1) is 16.1. The standard InChI is InChI=1S/C16H28N2O3/c1-11-4-7-16(8-5-11,14(19)20)17-15(21)18-9-6-12(2)13(3)10-18/h11-13H,4-10H2,1-3H3,(H,17,21)(H,19,20). The zero-order valence-electron chi connectivity index (χ0n) is 13.4. The third kappa shape index (κ3) is 3.50. The molecule has 1 aliphatic heterocycles. The van der Waals surface area contributed by atoms with E-state index in [-0.39, 0.29) is 6.03 Å². The molecule has 2 rings (SSSR count). The minimum absolute atomic E-state index is 0.203. The summed E-state index contributed by atoms with van der Waals surface area (Å²) in [7, 11) is 0. The van der Waals surface area contributed by atoms with Gasteiger partial charge in [-0.25, -0.2) is 9.59 Å². The van der Waals surface area contributed by atoms with E-state index in [9.17, 15) is 14.7 Å². The summed E-state index contributed by atoms with van der Waals surface area (Å²) in [6, 6.07) is -0.203. The topological polar surface area (TPSA) is 69.6 Å². The molecule has 5 heteroatoms. The molecule has 0 aromatic rings. The van der Waals surface area contributed by atoms with Crippen LogP contribution in [0.15, 0.2) is 0 Å². The minimum Gasteiger partial charge on any atom is -0.480 e. The van der Waals surface area contributed by atoms with Crippen molar-refractivity contribution in [2.24, 2.45) is 17.8 Å². The normalized spacial score (nSPS) is 37.1. The summed E-state index contributed by atoms with van der Waals surface area (Å²) < 4.78 is 0. The fraction of sp³-hybridized carbons (Fsp3) is 0.875. The van der Waals surface area contributed by atoms with Gasteiger partial charge >= 0.3 is 12.0 Å². The Morgan fingerprint density at radius 3 is 2.24 bits per heavy atom. The van der Waals surface area contributed by atoms with E-state index in [4.69, 9.17) is 0 Å². The Morgan fingerprint density at radius 2 is 1.71 bits per heavy atom. The van der Waals surface area contributed by atoms with Gasteiger partial charge in [-0.1, -0.05) is 20.8 Å². The fourth-order valence-electron chi connectivity index (χ4n) is 3.38. The third-order valence-electron chi connectivity index (χ3n) is 5.50. The number of amides is 2. The molecule has 2 N–H and O–H groups in total. The molecule has 0 aromatic heterocycles. The molecule has 1 heterocycles. The maximum atomic E-state index is 12.5. The van der Waals surface area contributed by atoms with Crippen LogP contribution in [0.3, 0.4) is 0 Å². The summed E-state index contributed by atoms with van der Waals surface area (Å²) >= 11 is 0. The highest BCUT2D eigenvalue weighted by Gasteiger charge is 2.43. The van der Waals surface area contributed by atoms with Crippen molar-refractivity contribution in [3.63, 3.8) is 0 Å². The van der Waals surface area contributed by atoms with E-state index in [0.717, 1.165) is 32.4 Å². The average molecular weight is 296 g/mol. The van der Waals surface area contributed by atoms with E-state index < -0.39 is 11.5 Å². The molecular formula is C16H28N2O3. The number of likely N-dealkylation sites (tertiary alicyclic amines) is 1. The van der Waals surface area contributed by atoms with Crippen LogP contribution in [0.4, 0.5) is 4.79 Å². The number of hydrogen-bond donors (Lipinski definition) is 2. The second-order valence-corrected chi connectivity index (χ2v) is 7.19. The number of hydrogen-bond acceptors (Lipinski definition) is 2. The van der Waals surface area contributed by atoms with Crippen LogP contribution < -0.4 is 5.32 Å². The van der Waals surface area contributed by atoms with Gasteiger partial charge in [-0.15, -0.1) is 0 Å². The summed E-state index contributed by atoms with van der Waals surface area (Å²) in [5.74, 6) is 0.751. The van der Waals surface area contributed by atoms with Gasteiger partial charge in [-0.3, -0.25) is 0 Å². The van der Waals surface area contributed by atoms with Gasteiger partial charge in [0.05, 0.1) is 0 Å². The van der Waals surface area contributed by atoms with Crippen LogP contribution in [0.2, 0.25) is 0 Å². The lowest BCUT2D eigenvalue weighted by Gasteiger charge is -2.40. The first-order chi connectivity index (χ1) is 9.84. The molecule has 2 amide bonds. The van der Waals surface area contributed by atoms with Crippen molar-refractivity contribution in [3.8, 4) is 0 Å². The number of piperidine rings is 1. The van der Waals surface area contributed by atoms with Crippen LogP contribution in [0.1, 0.15) is 52.9 Å². The van der Waals surface area contributed by atoms with Crippen LogP contribution in [0.25, 0.3) is 0 Å². The van der Waals surface area contributed by atoms with Crippen molar-refractivity contribution < 1.29 is 14.7 Å². The van der Waals surface area contributed by atoms with Crippen molar-refractivity contribution in [2.45, 2.75) is 58.4 Å². The first-order valence-electron chi connectivity index (χ1n) is 8.14. The predicted molar refractivity (Wildman–Crippen MR) is 81.0 cm³/mol. The van der Waals surface area contributed by atoms with Gasteiger partial charge in [0, 0.05) is 13.1 Å². The molecule has 2 aliphatic rings. The number of nitrogens with one attached hydrogen (secondary N) is 1. The molecule has 0 bridgehead atoms. The van der Waals surface area contributed by atoms with Crippen molar-refractivity contribution in [1.82, 2.24) is 10.2 Å². The quantitative estimate of drug-likeness (QED) is 0.823. The molecule has 0 spiro atoms. The number of aliphatic carboxylic acids is 1. The van der Waals surface area contributed by atoms with E-state index in [1.165, 1.54) is 0 Å². The molecular weight excluding hydrogens is 268 g/mol. The Labute approximate surface area is 127 Å².